The highest BCUT2D eigenvalue weighted by Crippen LogP contribution is 2.24. The quantitative estimate of drug-likeness (QED) is 0.867. The maximum Gasteiger partial charge on any atom is 0.146 e. The van der Waals surface area contributed by atoms with Gasteiger partial charge in [-0.3, -0.25) is 0 Å². The number of halogens is 2. The highest BCUT2D eigenvalue weighted by molar-refractivity contribution is 6.30. The van der Waals surface area contributed by atoms with Crippen LogP contribution in [-0.2, 0) is 0 Å². The zero-order valence-electron chi connectivity index (χ0n) is 8.71. The maximum atomic E-state index is 13.4. The highest BCUT2D eigenvalue weighted by atomic mass is 35.5. The van der Waals surface area contributed by atoms with Gasteiger partial charge in [-0.15, -0.1) is 0 Å². The van der Waals surface area contributed by atoms with Crippen molar-refractivity contribution in [2.24, 2.45) is 0 Å². The van der Waals surface area contributed by atoms with Gasteiger partial charge in [0.25, 0.3) is 0 Å². The number of nitrogens with one attached hydrogen (secondary N) is 1. The molecule has 0 fully saturated rings. The van der Waals surface area contributed by atoms with E-state index in [0.29, 0.717) is 10.7 Å². The molecule has 1 aromatic heterocycles. The third-order valence-electron chi connectivity index (χ3n) is 2.27. The number of hydrogen-bond acceptors (Lipinski definition) is 2. The van der Waals surface area contributed by atoms with Crippen LogP contribution in [0.1, 0.15) is 18.7 Å². The first-order valence-corrected chi connectivity index (χ1v) is 5.29. The zero-order valence-corrected chi connectivity index (χ0v) is 9.46. The molecule has 0 amide bonds. The zero-order chi connectivity index (χ0) is 11.5. The Bertz CT molecular complexity index is 470. The average Bonchev–Trinajstić information content (AvgIpc) is 2.76. The molecule has 2 aromatic rings. The van der Waals surface area contributed by atoms with E-state index in [9.17, 15) is 4.39 Å². The highest BCUT2D eigenvalue weighted by Gasteiger charge is 2.10. The van der Waals surface area contributed by atoms with Gasteiger partial charge in [0, 0.05) is 5.02 Å². The molecule has 0 radical (unpaired) electrons. The molecule has 4 heteroatoms. The summed E-state index contributed by atoms with van der Waals surface area (Å²) in [6.07, 6.45) is 1.59. The molecule has 0 aliphatic rings. The molecule has 1 unspecified atom stereocenters. The van der Waals surface area contributed by atoms with Gasteiger partial charge >= 0.3 is 0 Å². The first kappa shape index (κ1) is 11.0. The smallest absolute Gasteiger partial charge is 0.146 e. The van der Waals surface area contributed by atoms with Crippen LogP contribution in [0.4, 0.5) is 10.1 Å². The molecule has 1 heterocycles. The summed E-state index contributed by atoms with van der Waals surface area (Å²) < 4.78 is 18.6. The van der Waals surface area contributed by atoms with Crippen molar-refractivity contribution in [3.63, 3.8) is 0 Å². The van der Waals surface area contributed by atoms with Gasteiger partial charge in [0.1, 0.15) is 11.6 Å². The summed E-state index contributed by atoms with van der Waals surface area (Å²) in [4.78, 5) is 0. The topological polar surface area (TPSA) is 25.2 Å². The van der Waals surface area contributed by atoms with Crippen LogP contribution in [0.15, 0.2) is 41.0 Å². The standard InChI is InChI=1S/C12H11ClFNO/c1-8(12-3-2-6-16-12)15-11-7-9(13)4-5-10(11)14/h2-8,15H,1H3. The van der Waals surface area contributed by atoms with Crippen LogP contribution >= 0.6 is 11.6 Å². The molecule has 2 nitrogen and oxygen atoms in total. The average molecular weight is 240 g/mol. The van der Waals surface area contributed by atoms with Crippen LogP contribution in [0, 0.1) is 5.82 Å². The third kappa shape index (κ3) is 2.36. The van der Waals surface area contributed by atoms with E-state index in [1.807, 2.05) is 13.0 Å². The SMILES string of the molecule is CC(Nc1cc(Cl)ccc1F)c1ccco1. The Kier molecular flexibility index (Phi) is 3.15. The molecule has 1 atom stereocenters. The Morgan fingerprint density at radius 2 is 2.19 bits per heavy atom. The van der Waals surface area contributed by atoms with Gasteiger partial charge < -0.3 is 9.73 Å². The van der Waals surface area contributed by atoms with Gasteiger partial charge in [0.15, 0.2) is 0 Å². The lowest BCUT2D eigenvalue weighted by Crippen LogP contribution is -2.06. The Hall–Kier alpha value is -1.48. The lowest BCUT2D eigenvalue weighted by Gasteiger charge is -2.13. The molecule has 0 spiro atoms. The van der Waals surface area contributed by atoms with Gasteiger partial charge in [0.2, 0.25) is 0 Å². The third-order valence-corrected chi connectivity index (χ3v) is 2.51. The molecular weight excluding hydrogens is 229 g/mol. The fraction of sp³-hybridized carbons (Fsp3) is 0.167. The van der Waals surface area contributed by atoms with Crippen molar-refractivity contribution in [1.29, 1.82) is 0 Å². The van der Waals surface area contributed by atoms with E-state index < -0.39 is 0 Å². The normalized spacial score (nSPS) is 12.4. The lowest BCUT2D eigenvalue weighted by atomic mass is 10.2. The van der Waals surface area contributed by atoms with Crippen LogP contribution in [0.5, 0.6) is 0 Å². The van der Waals surface area contributed by atoms with Crippen molar-refractivity contribution < 1.29 is 8.81 Å². The van der Waals surface area contributed by atoms with Crippen LogP contribution < -0.4 is 5.32 Å². The fourth-order valence-corrected chi connectivity index (χ4v) is 1.62. The van der Waals surface area contributed by atoms with Crippen molar-refractivity contribution in [3.05, 3.63) is 53.2 Å². The van der Waals surface area contributed by atoms with E-state index in [1.165, 1.54) is 12.1 Å². The molecule has 0 bridgehead atoms. The summed E-state index contributed by atoms with van der Waals surface area (Å²) in [6, 6.07) is 7.92. The molecule has 84 valence electrons. The second kappa shape index (κ2) is 4.58. The van der Waals surface area contributed by atoms with E-state index in [0.717, 1.165) is 5.76 Å². The summed E-state index contributed by atoms with van der Waals surface area (Å²) >= 11 is 5.80. The van der Waals surface area contributed by atoms with Gasteiger partial charge in [-0.2, -0.15) is 0 Å². The molecule has 2 rings (SSSR count). The molecule has 0 aliphatic heterocycles. The molecule has 1 aromatic carbocycles. The summed E-state index contributed by atoms with van der Waals surface area (Å²) in [5.74, 6) is 0.419. The molecule has 1 N–H and O–H groups in total. The van der Waals surface area contributed by atoms with Crippen molar-refractivity contribution in [3.8, 4) is 0 Å². The van der Waals surface area contributed by atoms with E-state index >= 15 is 0 Å². The number of furan rings is 1. The van der Waals surface area contributed by atoms with Crippen molar-refractivity contribution in [1.82, 2.24) is 0 Å². The molecular formula is C12H11ClFNO. The van der Waals surface area contributed by atoms with Gasteiger partial charge in [-0.25, -0.2) is 4.39 Å². The van der Waals surface area contributed by atoms with Crippen molar-refractivity contribution >= 4 is 17.3 Å². The number of benzene rings is 1. The predicted molar refractivity (Wildman–Crippen MR) is 62.2 cm³/mol. The van der Waals surface area contributed by atoms with Crippen LogP contribution in [0.3, 0.4) is 0 Å². The van der Waals surface area contributed by atoms with Crippen LogP contribution in [0.2, 0.25) is 5.02 Å². The van der Waals surface area contributed by atoms with Crippen LogP contribution in [0.25, 0.3) is 0 Å². The predicted octanol–water partition coefficient (Wildman–Crippen LogP) is 4.25. The summed E-state index contributed by atoms with van der Waals surface area (Å²) in [5, 5.41) is 3.50. The summed E-state index contributed by atoms with van der Waals surface area (Å²) in [6.45, 7) is 1.89. The fourth-order valence-electron chi connectivity index (χ4n) is 1.45. The maximum absolute atomic E-state index is 13.4. The Morgan fingerprint density at radius 1 is 1.38 bits per heavy atom. The first-order chi connectivity index (χ1) is 7.66. The van der Waals surface area contributed by atoms with Gasteiger partial charge in [0.05, 0.1) is 18.0 Å². The minimum atomic E-state index is -0.331. The van der Waals surface area contributed by atoms with E-state index in [1.54, 1.807) is 18.4 Å². The largest absolute Gasteiger partial charge is 0.467 e. The van der Waals surface area contributed by atoms with E-state index in [2.05, 4.69) is 5.32 Å². The number of hydrogen-bond donors (Lipinski definition) is 1. The van der Waals surface area contributed by atoms with E-state index in [-0.39, 0.29) is 11.9 Å². The number of rotatable bonds is 3. The second-order valence-electron chi connectivity index (χ2n) is 3.51. The molecule has 0 saturated carbocycles. The summed E-state index contributed by atoms with van der Waals surface area (Å²) in [7, 11) is 0. The monoisotopic (exact) mass is 239 g/mol. The number of anilines is 1. The molecule has 0 saturated heterocycles. The van der Waals surface area contributed by atoms with Crippen molar-refractivity contribution in [2.75, 3.05) is 5.32 Å². The Morgan fingerprint density at radius 3 is 2.88 bits per heavy atom. The summed E-state index contributed by atoms with van der Waals surface area (Å²) in [5.41, 5.74) is 0.372. The molecule has 16 heavy (non-hydrogen) atoms. The molecule has 0 aliphatic carbocycles. The van der Waals surface area contributed by atoms with E-state index in [4.69, 9.17) is 16.0 Å². The van der Waals surface area contributed by atoms with Gasteiger partial charge in [-0.1, -0.05) is 11.6 Å². The Balaban J connectivity index is 2.17. The second-order valence-corrected chi connectivity index (χ2v) is 3.94. The van der Waals surface area contributed by atoms with Crippen molar-refractivity contribution in [2.45, 2.75) is 13.0 Å². The van der Waals surface area contributed by atoms with Gasteiger partial charge in [-0.05, 0) is 37.3 Å². The minimum Gasteiger partial charge on any atom is -0.467 e. The Labute approximate surface area is 98.0 Å². The minimum absolute atomic E-state index is 0.108. The first-order valence-electron chi connectivity index (χ1n) is 4.92. The lowest BCUT2D eigenvalue weighted by molar-refractivity contribution is 0.489. The van der Waals surface area contributed by atoms with Crippen LogP contribution in [-0.4, -0.2) is 0 Å².